The standard InChI is InChI=1S/C13H18N2O3/c16-15(17)12-5-3-11(4-6-12)7-9-18-13-2-1-8-14-10-13/h3-6,13-14H,1-2,7-10H2/t13-/m0/s1. The quantitative estimate of drug-likeness (QED) is 0.640. The Morgan fingerprint density at radius 1 is 1.39 bits per heavy atom. The zero-order valence-corrected chi connectivity index (χ0v) is 10.3. The van der Waals surface area contributed by atoms with Crippen LogP contribution in [0.4, 0.5) is 5.69 Å². The number of hydrogen-bond acceptors (Lipinski definition) is 4. The van der Waals surface area contributed by atoms with Crippen LogP contribution in [-0.2, 0) is 11.2 Å². The summed E-state index contributed by atoms with van der Waals surface area (Å²) in [5, 5.41) is 13.8. The molecule has 1 aliphatic heterocycles. The zero-order chi connectivity index (χ0) is 12.8. The van der Waals surface area contributed by atoms with Crippen molar-refractivity contribution in [2.24, 2.45) is 0 Å². The minimum absolute atomic E-state index is 0.135. The van der Waals surface area contributed by atoms with E-state index in [0.29, 0.717) is 12.7 Å². The van der Waals surface area contributed by atoms with Crippen LogP contribution in [0.3, 0.4) is 0 Å². The highest BCUT2D eigenvalue weighted by molar-refractivity contribution is 5.32. The fraction of sp³-hybridized carbons (Fsp3) is 0.538. The molecule has 0 aliphatic carbocycles. The van der Waals surface area contributed by atoms with E-state index in [4.69, 9.17) is 4.74 Å². The minimum Gasteiger partial charge on any atom is -0.377 e. The zero-order valence-electron chi connectivity index (χ0n) is 10.3. The number of piperidine rings is 1. The van der Waals surface area contributed by atoms with Gasteiger partial charge < -0.3 is 10.1 Å². The van der Waals surface area contributed by atoms with Gasteiger partial charge in [-0.25, -0.2) is 0 Å². The molecule has 0 bridgehead atoms. The summed E-state index contributed by atoms with van der Waals surface area (Å²) >= 11 is 0. The Bertz CT molecular complexity index is 386. The molecule has 5 nitrogen and oxygen atoms in total. The van der Waals surface area contributed by atoms with Crippen molar-refractivity contribution in [3.8, 4) is 0 Å². The van der Waals surface area contributed by atoms with E-state index < -0.39 is 0 Å². The Labute approximate surface area is 106 Å². The lowest BCUT2D eigenvalue weighted by Gasteiger charge is -2.23. The molecular weight excluding hydrogens is 232 g/mol. The highest BCUT2D eigenvalue weighted by Crippen LogP contribution is 2.13. The number of nitro benzene ring substituents is 1. The Kier molecular flexibility index (Phi) is 4.66. The minimum atomic E-state index is -0.381. The topological polar surface area (TPSA) is 64.4 Å². The van der Waals surface area contributed by atoms with Gasteiger partial charge in [-0.15, -0.1) is 0 Å². The molecule has 98 valence electrons. The highest BCUT2D eigenvalue weighted by atomic mass is 16.6. The lowest BCUT2D eigenvalue weighted by atomic mass is 10.1. The van der Waals surface area contributed by atoms with Crippen molar-refractivity contribution in [2.75, 3.05) is 19.7 Å². The van der Waals surface area contributed by atoms with Crippen molar-refractivity contribution in [1.29, 1.82) is 0 Å². The van der Waals surface area contributed by atoms with Crippen molar-refractivity contribution < 1.29 is 9.66 Å². The van der Waals surface area contributed by atoms with Gasteiger partial charge in [-0.2, -0.15) is 0 Å². The first-order chi connectivity index (χ1) is 8.75. The van der Waals surface area contributed by atoms with Gasteiger partial charge in [-0.05, 0) is 31.4 Å². The second-order valence-corrected chi connectivity index (χ2v) is 4.51. The van der Waals surface area contributed by atoms with Gasteiger partial charge in [0.2, 0.25) is 0 Å². The van der Waals surface area contributed by atoms with Gasteiger partial charge in [-0.1, -0.05) is 12.1 Å². The smallest absolute Gasteiger partial charge is 0.269 e. The van der Waals surface area contributed by atoms with Crippen molar-refractivity contribution >= 4 is 5.69 Å². The summed E-state index contributed by atoms with van der Waals surface area (Å²) in [4.78, 5) is 10.1. The molecule has 0 amide bonds. The van der Waals surface area contributed by atoms with E-state index in [1.54, 1.807) is 12.1 Å². The molecule has 1 atom stereocenters. The molecule has 1 heterocycles. The first-order valence-corrected chi connectivity index (χ1v) is 6.31. The lowest BCUT2D eigenvalue weighted by molar-refractivity contribution is -0.384. The van der Waals surface area contributed by atoms with E-state index >= 15 is 0 Å². The molecule has 1 N–H and O–H groups in total. The SMILES string of the molecule is O=[N+]([O-])c1ccc(CCO[C@H]2CCCNC2)cc1. The molecule has 1 aromatic carbocycles. The van der Waals surface area contributed by atoms with Gasteiger partial charge >= 0.3 is 0 Å². The molecule has 0 radical (unpaired) electrons. The van der Waals surface area contributed by atoms with Crippen molar-refractivity contribution in [3.05, 3.63) is 39.9 Å². The van der Waals surface area contributed by atoms with E-state index in [0.717, 1.165) is 31.5 Å². The summed E-state index contributed by atoms with van der Waals surface area (Å²) in [6.07, 6.45) is 3.40. The van der Waals surface area contributed by atoms with Gasteiger partial charge in [0.05, 0.1) is 17.6 Å². The third-order valence-corrected chi connectivity index (χ3v) is 3.14. The van der Waals surface area contributed by atoms with Crippen LogP contribution in [0.15, 0.2) is 24.3 Å². The van der Waals surface area contributed by atoms with Gasteiger partial charge in [0.15, 0.2) is 0 Å². The van der Waals surface area contributed by atoms with E-state index in [1.165, 1.54) is 18.6 Å². The molecule has 0 aromatic heterocycles. The second kappa shape index (κ2) is 6.47. The van der Waals surface area contributed by atoms with Gasteiger partial charge in [0.1, 0.15) is 0 Å². The fourth-order valence-electron chi connectivity index (χ4n) is 2.09. The molecule has 0 saturated carbocycles. The van der Waals surface area contributed by atoms with Crippen molar-refractivity contribution in [3.63, 3.8) is 0 Å². The summed E-state index contributed by atoms with van der Waals surface area (Å²) < 4.78 is 5.77. The third-order valence-electron chi connectivity index (χ3n) is 3.14. The largest absolute Gasteiger partial charge is 0.377 e. The molecule has 1 fully saturated rings. The molecule has 1 aromatic rings. The van der Waals surface area contributed by atoms with Gasteiger partial charge in [0.25, 0.3) is 5.69 Å². The first-order valence-electron chi connectivity index (χ1n) is 6.31. The van der Waals surface area contributed by atoms with Gasteiger partial charge in [-0.3, -0.25) is 10.1 Å². The Balaban J connectivity index is 1.74. The average Bonchev–Trinajstić information content (AvgIpc) is 2.40. The second-order valence-electron chi connectivity index (χ2n) is 4.51. The summed E-state index contributed by atoms with van der Waals surface area (Å²) in [7, 11) is 0. The number of benzene rings is 1. The predicted molar refractivity (Wildman–Crippen MR) is 68.6 cm³/mol. The van der Waals surface area contributed by atoms with E-state index in [9.17, 15) is 10.1 Å². The summed E-state index contributed by atoms with van der Waals surface area (Å²) in [5.41, 5.74) is 1.21. The number of non-ortho nitro benzene ring substituents is 1. The van der Waals surface area contributed by atoms with E-state index in [1.807, 2.05) is 0 Å². The molecule has 2 rings (SSSR count). The van der Waals surface area contributed by atoms with E-state index in [-0.39, 0.29) is 10.6 Å². The van der Waals surface area contributed by atoms with Crippen molar-refractivity contribution in [2.45, 2.75) is 25.4 Å². The maximum absolute atomic E-state index is 10.5. The molecule has 5 heteroatoms. The van der Waals surface area contributed by atoms with Crippen LogP contribution in [0.1, 0.15) is 18.4 Å². The Morgan fingerprint density at radius 2 is 2.17 bits per heavy atom. The van der Waals surface area contributed by atoms with Crippen LogP contribution in [-0.4, -0.2) is 30.7 Å². The average molecular weight is 250 g/mol. The number of nitrogens with one attached hydrogen (secondary N) is 1. The third kappa shape index (κ3) is 3.78. The lowest BCUT2D eigenvalue weighted by Crippen LogP contribution is -2.35. The van der Waals surface area contributed by atoms with Crippen LogP contribution in [0.5, 0.6) is 0 Å². The van der Waals surface area contributed by atoms with E-state index in [2.05, 4.69) is 5.32 Å². The predicted octanol–water partition coefficient (Wildman–Crippen LogP) is 1.91. The summed E-state index contributed by atoms with van der Waals surface area (Å²) in [5.74, 6) is 0. The number of nitro groups is 1. The van der Waals surface area contributed by atoms with Crippen LogP contribution < -0.4 is 5.32 Å². The monoisotopic (exact) mass is 250 g/mol. The summed E-state index contributed by atoms with van der Waals surface area (Å²) in [6.45, 7) is 2.69. The first kappa shape index (κ1) is 13.0. The molecule has 18 heavy (non-hydrogen) atoms. The summed E-state index contributed by atoms with van der Waals surface area (Å²) in [6, 6.07) is 6.66. The van der Waals surface area contributed by atoms with Gasteiger partial charge in [0, 0.05) is 18.7 Å². The maximum atomic E-state index is 10.5. The molecule has 1 saturated heterocycles. The normalized spacial score (nSPS) is 19.7. The number of hydrogen-bond donors (Lipinski definition) is 1. The van der Waals surface area contributed by atoms with Crippen LogP contribution in [0.25, 0.3) is 0 Å². The Hall–Kier alpha value is -1.46. The Morgan fingerprint density at radius 3 is 2.78 bits per heavy atom. The molecule has 0 spiro atoms. The van der Waals surface area contributed by atoms with Crippen LogP contribution in [0.2, 0.25) is 0 Å². The highest BCUT2D eigenvalue weighted by Gasteiger charge is 2.12. The van der Waals surface area contributed by atoms with Crippen LogP contribution in [0, 0.1) is 10.1 Å². The van der Waals surface area contributed by atoms with Crippen molar-refractivity contribution in [1.82, 2.24) is 5.32 Å². The molecule has 0 unspecified atom stereocenters. The fourth-order valence-corrected chi connectivity index (χ4v) is 2.09. The molecular formula is C13H18N2O3. The van der Waals surface area contributed by atoms with Crippen LogP contribution >= 0.6 is 0 Å². The number of ether oxygens (including phenoxy) is 1. The maximum Gasteiger partial charge on any atom is 0.269 e. The number of rotatable bonds is 5. The molecule has 1 aliphatic rings. The number of nitrogens with zero attached hydrogens (tertiary/aromatic N) is 1.